The van der Waals surface area contributed by atoms with Crippen molar-refractivity contribution in [2.24, 2.45) is 5.10 Å². The lowest BCUT2D eigenvalue weighted by Crippen LogP contribution is -2.30. The Balaban J connectivity index is 2.15. The highest BCUT2D eigenvalue weighted by atomic mass is 32.2. The SMILES string of the molecule is CCOC(=O)CCc1nnc2n(c1=O)N=C(CC(=O)OCC)CS2. The molecule has 0 spiro atoms. The van der Waals surface area contributed by atoms with Crippen LogP contribution in [-0.4, -0.2) is 51.5 Å². The number of thioether (sulfide) groups is 1. The second-order valence-corrected chi connectivity index (χ2v) is 5.73. The molecule has 9 nitrogen and oxygen atoms in total. The molecule has 2 rings (SSSR count). The number of rotatable bonds is 7. The van der Waals surface area contributed by atoms with Crippen LogP contribution in [0.5, 0.6) is 0 Å². The van der Waals surface area contributed by atoms with E-state index in [1.54, 1.807) is 13.8 Å². The average molecular weight is 354 g/mol. The van der Waals surface area contributed by atoms with Crippen LogP contribution >= 0.6 is 11.8 Å². The lowest BCUT2D eigenvalue weighted by atomic mass is 10.2. The van der Waals surface area contributed by atoms with Crippen molar-refractivity contribution >= 4 is 29.4 Å². The van der Waals surface area contributed by atoms with Gasteiger partial charge in [0, 0.05) is 12.2 Å². The minimum absolute atomic E-state index is 0.0210. The molecule has 0 aromatic carbocycles. The first-order valence-corrected chi connectivity index (χ1v) is 8.53. The molecule has 0 fully saturated rings. The Kier molecular flexibility index (Phi) is 6.47. The van der Waals surface area contributed by atoms with E-state index in [2.05, 4.69) is 15.3 Å². The molecule has 0 bridgehead atoms. The standard InChI is InChI=1S/C14H18N4O5S/c1-3-22-11(19)6-5-10-13(21)18-14(16-15-10)24-8-9(17-18)7-12(20)23-4-2/h3-8H2,1-2H3. The number of carbonyl (C=O) groups is 2. The van der Waals surface area contributed by atoms with Crippen molar-refractivity contribution in [3.63, 3.8) is 0 Å². The molecular weight excluding hydrogens is 336 g/mol. The molecule has 1 aliphatic heterocycles. The summed E-state index contributed by atoms with van der Waals surface area (Å²) in [7, 11) is 0. The van der Waals surface area contributed by atoms with E-state index in [0.29, 0.717) is 23.2 Å². The Morgan fingerprint density at radius 1 is 1.17 bits per heavy atom. The van der Waals surface area contributed by atoms with E-state index >= 15 is 0 Å². The monoisotopic (exact) mass is 354 g/mol. The van der Waals surface area contributed by atoms with Crippen LogP contribution in [0.3, 0.4) is 0 Å². The summed E-state index contributed by atoms with van der Waals surface area (Å²) in [5, 5.41) is 12.3. The quantitative estimate of drug-likeness (QED) is 0.647. The number of hydrogen-bond donors (Lipinski definition) is 0. The third-order valence-corrected chi connectivity index (χ3v) is 4.00. The smallest absolute Gasteiger partial charge is 0.311 e. The van der Waals surface area contributed by atoms with Crippen LogP contribution in [0.25, 0.3) is 0 Å². The van der Waals surface area contributed by atoms with Crippen molar-refractivity contribution in [3.8, 4) is 0 Å². The van der Waals surface area contributed by atoms with Gasteiger partial charge >= 0.3 is 11.9 Å². The van der Waals surface area contributed by atoms with Gasteiger partial charge in [-0.1, -0.05) is 11.8 Å². The van der Waals surface area contributed by atoms with Crippen LogP contribution in [0.15, 0.2) is 15.1 Å². The van der Waals surface area contributed by atoms with Gasteiger partial charge in [-0.3, -0.25) is 14.4 Å². The third kappa shape index (κ3) is 4.63. The van der Waals surface area contributed by atoms with Gasteiger partial charge in [-0.15, -0.1) is 10.2 Å². The summed E-state index contributed by atoms with van der Waals surface area (Å²) in [6, 6.07) is 0. The minimum atomic E-state index is -0.446. The molecule has 0 N–H and O–H groups in total. The van der Waals surface area contributed by atoms with Crippen LogP contribution in [0.2, 0.25) is 0 Å². The van der Waals surface area contributed by atoms with Gasteiger partial charge in [-0.05, 0) is 13.8 Å². The summed E-state index contributed by atoms with van der Waals surface area (Å²) < 4.78 is 10.8. The first-order chi connectivity index (χ1) is 11.5. The Labute approximate surface area is 142 Å². The van der Waals surface area contributed by atoms with Gasteiger partial charge in [0.1, 0.15) is 5.69 Å². The number of ether oxygens (including phenoxy) is 2. The maximum atomic E-state index is 12.4. The molecule has 10 heteroatoms. The highest BCUT2D eigenvalue weighted by Gasteiger charge is 2.20. The topological polar surface area (TPSA) is 113 Å². The Morgan fingerprint density at radius 2 is 1.88 bits per heavy atom. The number of esters is 2. The van der Waals surface area contributed by atoms with Crippen LogP contribution in [-0.2, 0) is 25.5 Å². The van der Waals surface area contributed by atoms with Gasteiger partial charge in [0.15, 0.2) is 0 Å². The molecule has 2 heterocycles. The zero-order valence-corrected chi connectivity index (χ0v) is 14.3. The predicted octanol–water partition coefficient (Wildman–Crippen LogP) is 0.397. The van der Waals surface area contributed by atoms with E-state index < -0.39 is 17.5 Å². The second-order valence-electron chi connectivity index (χ2n) is 4.79. The number of fused-ring (bicyclic) bond motifs is 1. The zero-order valence-electron chi connectivity index (χ0n) is 13.5. The maximum Gasteiger partial charge on any atom is 0.311 e. The molecule has 1 aromatic heterocycles. The van der Waals surface area contributed by atoms with Crippen molar-refractivity contribution in [1.82, 2.24) is 14.9 Å². The molecule has 1 aliphatic rings. The van der Waals surface area contributed by atoms with Crippen molar-refractivity contribution in [2.75, 3.05) is 19.0 Å². The molecule has 0 saturated carbocycles. The first-order valence-electron chi connectivity index (χ1n) is 7.54. The van der Waals surface area contributed by atoms with Crippen molar-refractivity contribution in [2.45, 2.75) is 38.3 Å². The number of aromatic nitrogens is 3. The van der Waals surface area contributed by atoms with Crippen LogP contribution in [0.1, 0.15) is 32.4 Å². The fraction of sp³-hybridized carbons (Fsp3) is 0.571. The molecular formula is C14H18N4O5S. The number of aryl methyl sites for hydroxylation is 1. The van der Waals surface area contributed by atoms with E-state index in [9.17, 15) is 14.4 Å². The van der Waals surface area contributed by atoms with Crippen molar-refractivity contribution in [1.29, 1.82) is 0 Å². The Morgan fingerprint density at radius 3 is 2.58 bits per heavy atom. The summed E-state index contributed by atoms with van der Waals surface area (Å²) >= 11 is 1.27. The number of nitrogens with zero attached hydrogens (tertiary/aromatic N) is 4. The summed E-state index contributed by atoms with van der Waals surface area (Å²) in [4.78, 5) is 35.3. The van der Waals surface area contributed by atoms with Gasteiger partial charge in [-0.25, -0.2) is 0 Å². The van der Waals surface area contributed by atoms with Crippen LogP contribution in [0.4, 0.5) is 0 Å². The summed E-state index contributed by atoms with van der Waals surface area (Å²) in [6.07, 6.45) is 0.190. The van der Waals surface area contributed by atoms with E-state index in [1.165, 1.54) is 11.8 Å². The Hall–Kier alpha value is -2.23. The van der Waals surface area contributed by atoms with Gasteiger partial charge in [-0.2, -0.15) is 9.78 Å². The molecule has 0 unspecified atom stereocenters. The molecule has 0 atom stereocenters. The first kappa shape index (κ1) is 18.1. The van der Waals surface area contributed by atoms with Gasteiger partial charge in [0.05, 0.1) is 31.8 Å². The predicted molar refractivity (Wildman–Crippen MR) is 86.1 cm³/mol. The van der Waals surface area contributed by atoms with Crippen LogP contribution in [0, 0.1) is 0 Å². The minimum Gasteiger partial charge on any atom is -0.466 e. The molecule has 24 heavy (non-hydrogen) atoms. The lowest BCUT2D eigenvalue weighted by Gasteiger charge is -2.14. The highest BCUT2D eigenvalue weighted by molar-refractivity contribution is 7.99. The average Bonchev–Trinajstić information content (AvgIpc) is 2.55. The number of hydrogen-bond acceptors (Lipinski definition) is 9. The molecule has 0 saturated heterocycles. The normalized spacial score (nSPS) is 13.0. The maximum absolute atomic E-state index is 12.4. The fourth-order valence-corrected chi connectivity index (χ4v) is 2.77. The fourth-order valence-electron chi connectivity index (χ4n) is 1.97. The lowest BCUT2D eigenvalue weighted by molar-refractivity contribution is -0.143. The van der Waals surface area contributed by atoms with Gasteiger partial charge in [0.25, 0.3) is 5.56 Å². The van der Waals surface area contributed by atoms with Crippen LogP contribution < -0.4 is 5.56 Å². The van der Waals surface area contributed by atoms with Gasteiger partial charge < -0.3 is 9.47 Å². The zero-order chi connectivity index (χ0) is 17.5. The number of carbonyl (C=O) groups excluding carboxylic acids is 2. The van der Waals surface area contributed by atoms with Crippen molar-refractivity contribution < 1.29 is 19.1 Å². The molecule has 130 valence electrons. The molecule has 0 radical (unpaired) electrons. The second kappa shape index (κ2) is 8.57. The molecule has 0 amide bonds. The van der Waals surface area contributed by atoms with E-state index in [4.69, 9.17) is 9.47 Å². The van der Waals surface area contributed by atoms with Gasteiger partial charge in [0.2, 0.25) is 5.16 Å². The van der Waals surface area contributed by atoms with E-state index in [1.807, 2.05) is 0 Å². The summed E-state index contributed by atoms with van der Waals surface area (Å²) in [5.74, 6) is -0.352. The Bertz CT molecular complexity index is 716. The largest absolute Gasteiger partial charge is 0.466 e. The van der Waals surface area contributed by atoms with Crippen molar-refractivity contribution in [3.05, 3.63) is 16.0 Å². The summed E-state index contributed by atoms with van der Waals surface area (Å²) in [6.45, 7) is 4.01. The highest BCUT2D eigenvalue weighted by Crippen LogP contribution is 2.19. The van der Waals surface area contributed by atoms with E-state index in [-0.39, 0.29) is 31.6 Å². The summed E-state index contributed by atoms with van der Waals surface area (Å²) in [5.41, 5.74) is 0.212. The van der Waals surface area contributed by atoms with E-state index in [0.717, 1.165) is 4.68 Å². The third-order valence-electron chi connectivity index (χ3n) is 3.01. The molecule has 0 aliphatic carbocycles. The molecule has 1 aromatic rings.